The molecule has 21 heavy (non-hydrogen) atoms. The highest BCUT2D eigenvalue weighted by Gasteiger charge is 2.24. The molecule has 2 aromatic carbocycles. The fourth-order valence-electron chi connectivity index (χ4n) is 2.47. The summed E-state index contributed by atoms with van der Waals surface area (Å²) in [6, 6.07) is 9.89. The molecule has 0 aliphatic carbocycles. The van der Waals surface area contributed by atoms with E-state index in [1.54, 1.807) is 31.2 Å². The van der Waals surface area contributed by atoms with Crippen LogP contribution in [0.25, 0.3) is 0 Å². The molecule has 0 radical (unpaired) electrons. The number of aromatic hydroxyl groups is 1. The Morgan fingerprint density at radius 1 is 1.33 bits per heavy atom. The molecule has 1 unspecified atom stereocenters. The van der Waals surface area contributed by atoms with Crippen molar-refractivity contribution in [2.75, 3.05) is 11.9 Å². The molecule has 2 N–H and O–H groups in total. The number of anilines is 1. The van der Waals surface area contributed by atoms with Crippen molar-refractivity contribution in [3.63, 3.8) is 0 Å². The predicted octanol–water partition coefficient (Wildman–Crippen LogP) is 3.15. The number of fused-ring (bicyclic) bond motifs is 1. The first-order valence-corrected chi connectivity index (χ1v) is 6.52. The van der Waals surface area contributed by atoms with Gasteiger partial charge in [-0.1, -0.05) is 0 Å². The van der Waals surface area contributed by atoms with Crippen LogP contribution in [0.1, 0.15) is 17.2 Å². The molecule has 0 spiro atoms. The fraction of sp³-hybridized carbons (Fsp3) is 0.200. The van der Waals surface area contributed by atoms with Crippen molar-refractivity contribution in [2.24, 2.45) is 0 Å². The van der Waals surface area contributed by atoms with E-state index >= 15 is 0 Å². The number of phenolic OH excluding ortho intramolecular Hbond substituents is 1. The summed E-state index contributed by atoms with van der Waals surface area (Å²) < 4.78 is 5.53. The van der Waals surface area contributed by atoms with Crippen LogP contribution in [0.2, 0.25) is 0 Å². The molecule has 0 saturated heterocycles. The van der Waals surface area contributed by atoms with Crippen molar-refractivity contribution in [3.8, 4) is 11.5 Å². The number of nitrogens with zero attached hydrogens (tertiary/aromatic N) is 1. The van der Waals surface area contributed by atoms with Crippen LogP contribution in [0.15, 0.2) is 36.4 Å². The number of ether oxygens (including phenoxy) is 1. The molecule has 1 aliphatic heterocycles. The molecule has 0 amide bonds. The number of phenols is 1. The van der Waals surface area contributed by atoms with E-state index in [0.29, 0.717) is 17.9 Å². The SMILES string of the molecule is Cc1cc(NC2COc3cc(O)ccc32)ccc1[N+](=O)[O-]. The lowest BCUT2D eigenvalue weighted by molar-refractivity contribution is -0.385. The fourth-order valence-corrected chi connectivity index (χ4v) is 2.47. The first kappa shape index (κ1) is 13.2. The van der Waals surface area contributed by atoms with Crippen molar-refractivity contribution >= 4 is 11.4 Å². The van der Waals surface area contributed by atoms with Crippen molar-refractivity contribution in [1.82, 2.24) is 0 Å². The van der Waals surface area contributed by atoms with Gasteiger partial charge in [-0.2, -0.15) is 0 Å². The van der Waals surface area contributed by atoms with Crippen LogP contribution in [-0.2, 0) is 0 Å². The molecule has 0 bridgehead atoms. The first-order chi connectivity index (χ1) is 10.0. The standard InChI is InChI=1S/C15H14N2O4/c1-9-6-10(2-5-14(9)17(19)20)16-13-8-21-15-7-11(18)3-4-12(13)15/h2-7,13,16,18H,8H2,1H3. The van der Waals surface area contributed by atoms with Gasteiger partial charge in [0, 0.05) is 28.9 Å². The lowest BCUT2D eigenvalue weighted by Crippen LogP contribution is -2.12. The Hall–Kier alpha value is -2.76. The maximum atomic E-state index is 10.8. The van der Waals surface area contributed by atoms with Crippen molar-refractivity contribution < 1.29 is 14.8 Å². The molecule has 0 fully saturated rings. The van der Waals surface area contributed by atoms with Crippen LogP contribution in [0.3, 0.4) is 0 Å². The van der Waals surface area contributed by atoms with Gasteiger partial charge in [0.2, 0.25) is 0 Å². The zero-order valence-corrected chi connectivity index (χ0v) is 11.4. The summed E-state index contributed by atoms with van der Waals surface area (Å²) in [7, 11) is 0. The van der Waals surface area contributed by atoms with Gasteiger partial charge in [0.25, 0.3) is 5.69 Å². The highest BCUT2D eigenvalue weighted by Crippen LogP contribution is 2.37. The average molecular weight is 286 g/mol. The Bertz CT molecular complexity index is 715. The van der Waals surface area contributed by atoms with Gasteiger partial charge in [0.05, 0.1) is 11.0 Å². The average Bonchev–Trinajstić information content (AvgIpc) is 2.80. The molecule has 3 rings (SSSR count). The van der Waals surface area contributed by atoms with Gasteiger partial charge in [0.1, 0.15) is 18.1 Å². The molecule has 0 aromatic heterocycles. The summed E-state index contributed by atoms with van der Waals surface area (Å²) >= 11 is 0. The quantitative estimate of drug-likeness (QED) is 0.668. The van der Waals surface area contributed by atoms with Crippen LogP contribution in [0.5, 0.6) is 11.5 Å². The van der Waals surface area contributed by atoms with Crippen molar-refractivity contribution in [1.29, 1.82) is 0 Å². The maximum Gasteiger partial charge on any atom is 0.272 e. The minimum atomic E-state index is -0.393. The van der Waals surface area contributed by atoms with Gasteiger partial charge in [0.15, 0.2) is 0 Å². The van der Waals surface area contributed by atoms with Crippen LogP contribution in [0, 0.1) is 17.0 Å². The lowest BCUT2D eigenvalue weighted by atomic mass is 10.1. The third kappa shape index (κ3) is 2.47. The minimum Gasteiger partial charge on any atom is -0.508 e. The van der Waals surface area contributed by atoms with Crippen LogP contribution in [-0.4, -0.2) is 16.6 Å². The summed E-state index contributed by atoms with van der Waals surface area (Å²) in [5.41, 5.74) is 2.47. The Morgan fingerprint density at radius 3 is 2.86 bits per heavy atom. The van der Waals surface area contributed by atoms with Crippen molar-refractivity contribution in [2.45, 2.75) is 13.0 Å². The highest BCUT2D eigenvalue weighted by atomic mass is 16.6. The second kappa shape index (κ2) is 4.97. The Morgan fingerprint density at radius 2 is 2.14 bits per heavy atom. The number of hydrogen-bond acceptors (Lipinski definition) is 5. The minimum absolute atomic E-state index is 0.0403. The van der Waals surface area contributed by atoms with Gasteiger partial charge < -0.3 is 15.2 Å². The zero-order valence-electron chi connectivity index (χ0n) is 11.4. The molecular formula is C15H14N2O4. The largest absolute Gasteiger partial charge is 0.508 e. The molecule has 1 heterocycles. The number of aryl methyl sites for hydroxylation is 1. The van der Waals surface area contributed by atoms with Gasteiger partial charge in [-0.05, 0) is 31.2 Å². The Balaban J connectivity index is 1.83. The Labute approximate surface area is 121 Å². The molecular weight excluding hydrogens is 272 g/mol. The van der Waals surface area contributed by atoms with Crippen LogP contribution < -0.4 is 10.1 Å². The smallest absolute Gasteiger partial charge is 0.272 e. The summed E-state index contributed by atoms with van der Waals surface area (Å²) in [4.78, 5) is 10.4. The van der Waals surface area contributed by atoms with Crippen LogP contribution in [0.4, 0.5) is 11.4 Å². The number of hydrogen-bond donors (Lipinski definition) is 2. The van der Waals surface area contributed by atoms with Gasteiger partial charge in [-0.15, -0.1) is 0 Å². The van der Waals surface area contributed by atoms with Crippen LogP contribution >= 0.6 is 0 Å². The molecule has 108 valence electrons. The zero-order chi connectivity index (χ0) is 15.0. The molecule has 2 aromatic rings. The number of benzene rings is 2. The van der Waals surface area contributed by atoms with E-state index in [2.05, 4.69) is 5.32 Å². The number of nitro benzene ring substituents is 1. The van der Waals surface area contributed by atoms with E-state index in [1.165, 1.54) is 6.07 Å². The van der Waals surface area contributed by atoms with E-state index in [1.807, 2.05) is 6.07 Å². The molecule has 1 atom stereocenters. The van der Waals surface area contributed by atoms with Gasteiger partial charge in [-0.3, -0.25) is 10.1 Å². The van der Waals surface area contributed by atoms with E-state index in [-0.39, 0.29) is 17.5 Å². The van der Waals surface area contributed by atoms with Crippen molar-refractivity contribution in [3.05, 3.63) is 57.6 Å². The third-order valence-electron chi connectivity index (χ3n) is 3.51. The van der Waals surface area contributed by atoms with E-state index < -0.39 is 4.92 Å². The molecule has 1 aliphatic rings. The number of nitrogens with one attached hydrogen (secondary N) is 1. The summed E-state index contributed by atoms with van der Waals surface area (Å²) in [6.45, 7) is 2.16. The number of rotatable bonds is 3. The number of nitro groups is 1. The third-order valence-corrected chi connectivity index (χ3v) is 3.51. The molecule has 6 nitrogen and oxygen atoms in total. The predicted molar refractivity (Wildman–Crippen MR) is 77.8 cm³/mol. The van der Waals surface area contributed by atoms with E-state index in [9.17, 15) is 15.2 Å². The van der Waals surface area contributed by atoms with Gasteiger partial charge >= 0.3 is 0 Å². The van der Waals surface area contributed by atoms with E-state index in [4.69, 9.17) is 4.74 Å². The molecule has 0 saturated carbocycles. The second-order valence-electron chi connectivity index (χ2n) is 4.99. The van der Waals surface area contributed by atoms with E-state index in [0.717, 1.165) is 11.3 Å². The van der Waals surface area contributed by atoms with Gasteiger partial charge in [-0.25, -0.2) is 0 Å². The summed E-state index contributed by atoms with van der Waals surface area (Å²) in [6.07, 6.45) is 0. The normalized spacial score (nSPS) is 16.1. The highest BCUT2D eigenvalue weighted by molar-refractivity contribution is 5.56. The topological polar surface area (TPSA) is 84.6 Å². The first-order valence-electron chi connectivity index (χ1n) is 6.52. The summed E-state index contributed by atoms with van der Waals surface area (Å²) in [5, 5.41) is 23.5. The molecule has 6 heteroatoms. The maximum absolute atomic E-state index is 10.8. The Kier molecular flexibility index (Phi) is 3.13. The second-order valence-corrected chi connectivity index (χ2v) is 4.99. The lowest BCUT2D eigenvalue weighted by Gasteiger charge is -2.13. The monoisotopic (exact) mass is 286 g/mol. The summed E-state index contributed by atoms with van der Waals surface area (Å²) in [5.74, 6) is 0.826.